The molecule has 3 rings (SSSR count). The van der Waals surface area contributed by atoms with Gasteiger partial charge in [0, 0.05) is 0 Å². The first kappa shape index (κ1) is 17.6. The average molecular weight is 365 g/mol. The van der Waals surface area contributed by atoms with E-state index in [2.05, 4.69) is 5.32 Å². The molecular weight excluding hydrogens is 346 g/mol. The number of amides is 2. The molecule has 2 unspecified atom stereocenters. The predicted molar refractivity (Wildman–Crippen MR) is 91.1 cm³/mol. The van der Waals surface area contributed by atoms with E-state index < -0.39 is 35.2 Å². The largest absolute Gasteiger partial charge is 0.498 e. The smallest absolute Gasteiger partial charge is 0.356 e. The van der Waals surface area contributed by atoms with Crippen molar-refractivity contribution in [3.8, 4) is 0 Å². The van der Waals surface area contributed by atoms with Crippen LogP contribution in [-0.2, 0) is 19.1 Å². The minimum Gasteiger partial charge on any atom is -0.498 e. The predicted octanol–water partition coefficient (Wildman–Crippen LogP) is -0.0674. The summed E-state index contributed by atoms with van der Waals surface area (Å²) in [6, 6.07) is -1.60. The number of thioether (sulfide) groups is 1. The first-order chi connectivity index (χ1) is 12.0. The molecule has 0 aromatic carbocycles. The summed E-state index contributed by atoms with van der Waals surface area (Å²) in [5.41, 5.74) is 6.63. The molecule has 134 valence electrons. The molecule has 2 heterocycles. The van der Waals surface area contributed by atoms with Crippen LogP contribution in [0.15, 0.2) is 35.3 Å². The van der Waals surface area contributed by atoms with Gasteiger partial charge in [0.05, 0.1) is 12.9 Å². The Kier molecular flexibility index (Phi) is 4.87. The summed E-state index contributed by atoms with van der Waals surface area (Å²) >= 11 is 1.35. The number of carbonyl (C=O) groups is 3. The van der Waals surface area contributed by atoms with E-state index in [0.717, 1.165) is 16.9 Å². The lowest BCUT2D eigenvalue weighted by Crippen LogP contribution is -2.71. The van der Waals surface area contributed by atoms with Crippen LogP contribution in [0, 0.1) is 0 Å². The summed E-state index contributed by atoms with van der Waals surface area (Å²) in [7, 11) is 1.37. The second kappa shape index (κ2) is 6.93. The number of rotatable bonds is 5. The van der Waals surface area contributed by atoms with Crippen molar-refractivity contribution in [2.75, 3.05) is 12.9 Å². The van der Waals surface area contributed by atoms with Crippen LogP contribution in [0.25, 0.3) is 0 Å². The van der Waals surface area contributed by atoms with E-state index in [1.54, 1.807) is 0 Å². The van der Waals surface area contributed by atoms with Crippen molar-refractivity contribution in [3.63, 3.8) is 0 Å². The summed E-state index contributed by atoms with van der Waals surface area (Å²) in [4.78, 5) is 37.4. The van der Waals surface area contributed by atoms with E-state index in [-0.39, 0.29) is 11.5 Å². The Hall–Kier alpha value is -2.26. The van der Waals surface area contributed by atoms with E-state index in [1.807, 2.05) is 18.2 Å². The van der Waals surface area contributed by atoms with Crippen LogP contribution in [0.2, 0.25) is 0 Å². The summed E-state index contributed by atoms with van der Waals surface area (Å²) in [6.07, 6.45) is 7.20. The molecule has 3 atom stereocenters. The first-order valence-electron chi connectivity index (χ1n) is 7.80. The molecule has 0 spiro atoms. The molecule has 9 heteroatoms. The van der Waals surface area contributed by atoms with Gasteiger partial charge in [0.15, 0.2) is 5.70 Å². The van der Waals surface area contributed by atoms with Gasteiger partial charge in [-0.3, -0.25) is 14.5 Å². The monoisotopic (exact) mass is 365 g/mol. The summed E-state index contributed by atoms with van der Waals surface area (Å²) in [5, 5.41) is 11.5. The molecule has 1 fully saturated rings. The highest BCUT2D eigenvalue weighted by atomic mass is 32.2. The normalized spacial score (nSPS) is 26.4. The minimum absolute atomic E-state index is 0.161. The standard InChI is InChI=1S/C16H19N3O5S/c1-24-9-7-25-15-11(14(21)19(15)12(9)16(22)23)18-13(20)10(17)8-5-3-2-4-6-8/h2-3,6,10-11,15H,4-5,7,17H2,1H3,(H,18,20)(H,22,23)/t10?,11?,15-/m0/s1. The fourth-order valence-electron chi connectivity index (χ4n) is 3.03. The van der Waals surface area contributed by atoms with Gasteiger partial charge in [-0.15, -0.1) is 11.8 Å². The van der Waals surface area contributed by atoms with Gasteiger partial charge in [-0.2, -0.15) is 0 Å². The number of aliphatic carboxylic acids is 1. The first-order valence-corrected chi connectivity index (χ1v) is 8.85. The number of carboxylic acid groups (broad SMARTS) is 1. The molecule has 4 N–H and O–H groups in total. The molecule has 0 bridgehead atoms. The Labute approximate surface area is 148 Å². The third-order valence-electron chi connectivity index (χ3n) is 4.40. The highest BCUT2D eigenvalue weighted by Gasteiger charge is 2.55. The Balaban J connectivity index is 1.69. The number of β-lactam (4-membered cyclic amide) rings is 1. The van der Waals surface area contributed by atoms with Crippen LogP contribution < -0.4 is 11.1 Å². The topological polar surface area (TPSA) is 122 Å². The van der Waals surface area contributed by atoms with Crippen LogP contribution in [0.4, 0.5) is 0 Å². The number of nitrogens with one attached hydrogen (secondary N) is 1. The van der Waals surface area contributed by atoms with Gasteiger partial charge in [0.25, 0.3) is 5.91 Å². The Morgan fingerprint density at radius 2 is 2.24 bits per heavy atom. The van der Waals surface area contributed by atoms with E-state index in [0.29, 0.717) is 12.2 Å². The van der Waals surface area contributed by atoms with Gasteiger partial charge in [-0.25, -0.2) is 4.79 Å². The van der Waals surface area contributed by atoms with Gasteiger partial charge in [0.1, 0.15) is 23.2 Å². The van der Waals surface area contributed by atoms with E-state index in [9.17, 15) is 19.5 Å². The maximum Gasteiger partial charge on any atom is 0.356 e. The maximum atomic E-state index is 12.4. The quantitative estimate of drug-likeness (QED) is 0.460. The number of methoxy groups -OCH3 is 1. The van der Waals surface area contributed by atoms with Crippen molar-refractivity contribution in [1.82, 2.24) is 10.2 Å². The van der Waals surface area contributed by atoms with E-state index in [4.69, 9.17) is 10.5 Å². The van der Waals surface area contributed by atoms with Gasteiger partial charge < -0.3 is 20.9 Å². The molecule has 1 saturated heterocycles. The average Bonchev–Trinajstić information content (AvgIpc) is 2.64. The minimum atomic E-state index is -1.23. The van der Waals surface area contributed by atoms with Crippen molar-refractivity contribution in [2.24, 2.45) is 5.73 Å². The van der Waals surface area contributed by atoms with Crippen LogP contribution in [0.5, 0.6) is 0 Å². The second-order valence-corrected chi connectivity index (χ2v) is 6.95. The van der Waals surface area contributed by atoms with Crippen LogP contribution in [0.1, 0.15) is 12.8 Å². The van der Waals surface area contributed by atoms with Crippen LogP contribution in [-0.4, -0.2) is 58.1 Å². The van der Waals surface area contributed by atoms with Crippen molar-refractivity contribution in [3.05, 3.63) is 35.3 Å². The zero-order chi connectivity index (χ0) is 18.1. The lowest BCUT2D eigenvalue weighted by molar-refractivity contribution is -0.151. The number of nitrogens with two attached hydrogens (primary N) is 1. The Morgan fingerprint density at radius 3 is 2.84 bits per heavy atom. The summed E-state index contributed by atoms with van der Waals surface area (Å²) < 4.78 is 5.06. The van der Waals surface area contributed by atoms with Gasteiger partial charge in [-0.1, -0.05) is 18.2 Å². The fourth-order valence-corrected chi connectivity index (χ4v) is 4.34. The molecule has 2 amide bonds. The highest BCUT2D eigenvalue weighted by Crippen LogP contribution is 2.40. The van der Waals surface area contributed by atoms with Gasteiger partial charge in [0.2, 0.25) is 5.91 Å². The molecule has 0 aromatic rings. The van der Waals surface area contributed by atoms with Crippen LogP contribution >= 0.6 is 11.8 Å². The lowest BCUT2D eigenvalue weighted by Gasteiger charge is -2.49. The van der Waals surface area contributed by atoms with Gasteiger partial charge in [-0.05, 0) is 18.4 Å². The van der Waals surface area contributed by atoms with E-state index in [1.165, 1.54) is 18.9 Å². The molecule has 2 aliphatic heterocycles. The molecule has 0 aromatic heterocycles. The third-order valence-corrected chi connectivity index (χ3v) is 5.65. The van der Waals surface area contributed by atoms with Crippen molar-refractivity contribution in [1.29, 1.82) is 0 Å². The molecule has 1 aliphatic carbocycles. The molecule has 25 heavy (non-hydrogen) atoms. The molecule has 8 nitrogen and oxygen atoms in total. The number of fused-ring (bicyclic) bond motifs is 1. The number of carboxylic acids is 1. The van der Waals surface area contributed by atoms with Gasteiger partial charge >= 0.3 is 5.97 Å². The zero-order valence-electron chi connectivity index (χ0n) is 13.6. The second-order valence-electron chi connectivity index (χ2n) is 5.85. The molecule has 0 saturated carbocycles. The number of hydrogen-bond acceptors (Lipinski definition) is 6. The van der Waals surface area contributed by atoms with E-state index >= 15 is 0 Å². The Morgan fingerprint density at radius 1 is 1.48 bits per heavy atom. The molecule has 0 radical (unpaired) electrons. The number of nitrogens with zero attached hydrogens (tertiary/aromatic N) is 1. The highest BCUT2D eigenvalue weighted by molar-refractivity contribution is 8.00. The lowest BCUT2D eigenvalue weighted by atomic mass is 9.97. The molecule has 3 aliphatic rings. The third kappa shape index (κ3) is 3.05. The maximum absolute atomic E-state index is 12.4. The Bertz CT molecular complexity index is 715. The number of ether oxygens (including phenoxy) is 1. The van der Waals surface area contributed by atoms with Crippen molar-refractivity contribution in [2.45, 2.75) is 30.3 Å². The number of allylic oxidation sites excluding steroid dienone is 3. The fraction of sp³-hybridized carbons (Fsp3) is 0.438. The SMILES string of the molecule is COC1=C(C(=O)O)N2C(=O)C(NC(=O)C(N)C3=CCC=CC3)[C@@H]2SC1. The number of hydrogen-bond donors (Lipinski definition) is 3. The summed E-state index contributed by atoms with van der Waals surface area (Å²) in [5.74, 6) is -1.57. The molecular formula is C16H19N3O5S. The zero-order valence-corrected chi connectivity index (χ0v) is 14.4. The van der Waals surface area contributed by atoms with Crippen molar-refractivity contribution >= 4 is 29.5 Å². The summed E-state index contributed by atoms with van der Waals surface area (Å²) in [6.45, 7) is 0. The van der Waals surface area contributed by atoms with Crippen LogP contribution in [0.3, 0.4) is 0 Å². The number of carbonyl (C=O) groups excluding carboxylic acids is 2. The van der Waals surface area contributed by atoms with Crippen molar-refractivity contribution < 1.29 is 24.2 Å².